The van der Waals surface area contributed by atoms with Crippen molar-refractivity contribution in [3.05, 3.63) is 28.3 Å². The summed E-state index contributed by atoms with van der Waals surface area (Å²) in [4.78, 5) is 15.5. The van der Waals surface area contributed by atoms with Crippen LogP contribution in [0.1, 0.15) is 18.1 Å². The van der Waals surface area contributed by atoms with Gasteiger partial charge in [-0.15, -0.1) is 0 Å². The Bertz CT molecular complexity index is 492. The molecule has 110 valence electrons. The van der Waals surface area contributed by atoms with Gasteiger partial charge in [-0.25, -0.2) is 0 Å². The number of carbonyl (C=O) groups is 1. The van der Waals surface area contributed by atoms with E-state index in [4.69, 9.17) is 11.6 Å². The van der Waals surface area contributed by atoms with E-state index in [9.17, 15) is 4.79 Å². The number of piperazine rings is 1. The van der Waals surface area contributed by atoms with Crippen LogP contribution < -0.4 is 5.32 Å². The van der Waals surface area contributed by atoms with E-state index in [0.717, 1.165) is 37.4 Å². The van der Waals surface area contributed by atoms with E-state index in [1.54, 1.807) is 6.07 Å². The molecule has 1 heterocycles. The maximum absolute atomic E-state index is 10.6. The lowest BCUT2D eigenvalue weighted by Crippen LogP contribution is -2.49. The van der Waals surface area contributed by atoms with Crippen LogP contribution >= 0.6 is 11.6 Å². The Morgan fingerprint density at radius 1 is 1.45 bits per heavy atom. The SMILES string of the molecule is Cc1c(CN2CCN(C)[C@@H](C)C2)cc(Cl)cc1NC=O. The third-order valence-corrected chi connectivity index (χ3v) is 4.35. The number of anilines is 1. The maximum Gasteiger partial charge on any atom is 0.211 e. The van der Waals surface area contributed by atoms with E-state index in [1.807, 2.05) is 13.0 Å². The van der Waals surface area contributed by atoms with Gasteiger partial charge in [-0.3, -0.25) is 9.69 Å². The van der Waals surface area contributed by atoms with Crippen molar-refractivity contribution in [1.82, 2.24) is 9.80 Å². The van der Waals surface area contributed by atoms with Crippen LogP contribution in [0.3, 0.4) is 0 Å². The van der Waals surface area contributed by atoms with Gasteiger partial charge >= 0.3 is 0 Å². The molecule has 1 aromatic rings. The molecular weight excluding hydrogens is 274 g/mol. The summed E-state index contributed by atoms with van der Waals surface area (Å²) < 4.78 is 0. The van der Waals surface area contributed by atoms with Gasteiger partial charge < -0.3 is 10.2 Å². The Morgan fingerprint density at radius 2 is 2.20 bits per heavy atom. The number of hydrogen-bond acceptors (Lipinski definition) is 3. The lowest BCUT2D eigenvalue weighted by atomic mass is 10.0. The second-order valence-corrected chi connectivity index (χ2v) is 6.00. The molecule has 20 heavy (non-hydrogen) atoms. The summed E-state index contributed by atoms with van der Waals surface area (Å²) in [6.07, 6.45) is 0.695. The van der Waals surface area contributed by atoms with Crippen LogP contribution in [-0.4, -0.2) is 48.9 Å². The highest BCUT2D eigenvalue weighted by Crippen LogP contribution is 2.26. The van der Waals surface area contributed by atoms with E-state index in [2.05, 4.69) is 29.1 Å². The molecule has 1 aliphatic heterocycles. The molecule has 4 nitrogen and oxygen atoms in total. The van der Waals surface area contributed by atoms with Gasteiger partial charge in [-0.2, -0.15) is 0 Å². The summed E-state index contributed by atoms with van der Waals surface area (Å²) in [5.41, 5.74) is 3.07. The highest BCUT2D eigenvalue weighted by atomic mass is 35.5. The molecule has 1 fully saturated rings. The number of amides is 1. The van der Waals surface area contributed by atoms with Crippen molar-refractivity contribution in [2.75, 3.05) is 32.0 Å². The zero-order valence-corrected chi connectivity index (χ0v) is 13.1. The van der Waals surface area contributed by atoms with Gasteiger partial charge in [0.25, 0.3) is 0 Å². The zero-order chi connectivity index (χ0) is 14.7. The molecule has 2 rings (SSSR count). The summed E-state index contributed by atoms with van der Waals surface area (Å²) in [6.45, 7) is 8.34. The van der Waals surface area contributed by atoms with Crippen LogP contribution in [0.25, 0.3) is 0 Å². The molecule has 0 unspecified atom stereocenters. The fourth-order valence-electron chi connectivity index (χ4n) is 2.62. The lowest BCUT2D eigenvalue weighted by Gasteiger charge is -2.38. The number of rotatable bonds is 4. The van der Waals surface area contributed by atoms with Crippen LogP contribution in [0, 0.1) is 6.92 Å². The van der Waals surface area contributed by atoms with Gasteiger partial charge in [-0.05, 0) is 44.2 Å². The van der Waals surface area contributed by atoms with E-state index in [1.165, 1.54) is 5.56 Å². The fraction of sp³-hybridized carbons (Fsp3) is 0.533. The van der Waals surface area contributed by atoms with Crippen LogP contribution in [0.15, 0.2) is 12.1 Å². The van der Waals surface area contributed by atoms with E-state index in [-0.39, 0.29) is 0 Å². The van der Waals surface area contributed by atoms with Gasteiger partial charge in [0, 0.05) is 42.9 Å². The zero-order valence-electron chi connectivity index (χ0n) is 12.3. The fourth-order valence-corrected chi connectivity index (χ4v) is 2.86. The Morgan fingerprint density at radius 3 is 2.85 bits per heavy atom. The number of carbonyl (C=O) groups excluding carboxylic acids is 1. The highest BCUT2D eigenvalue weighted by molar-refractivity contribution is 6.31. The van der Waals surface area contributed by atoms with Crippen molar-refractivity contribution in [2.45, 2.75) is 26.4 Å². The molecule has 1 N–H and O–H groups in total. The number of halogens is 1. The first kappa shape index (κ1) is 15.3. The Balaban J connectivity index is 2.14. The van der Waals surface area contributed by atoms with Crippen molar-refractivity contribution in [2.24, 2.45) is 0 Å². The number of hydrogen-bond donors (Lipinski definition) is 1. The molecule has 1 saturated heterocycles. The molecule has 1 atom stereocenters. The minimum atomic E-state index is 0.566. The smallest absolute Gasteiger partial charge is 0.211 e. The third-order valence-electron chi connectivity index (χ3n) is 4.13. The predicted molar refractivity (Wildman–Crippen MR) is 83.2 cm³/mol. The normalized spacial score (nSPS) is 20.9. The number of nitrogens with one attached hydrogen (secondary N) is 1. The number of likely N-dealkylation sites (N-methyl/N-ethyl adjacent to an activating group) is 1. The minimum absolute atomic E-state index is 0.566. The molecule has 0 spiro atoms. The van der Waals surface area contributed by atoms with Gasteiger partial charge in [0.15, 0.2) is 0 Å². The first-order chi connectivity index (χ1) is 9.51. The first-order valence-electron chi connectivity index (χ1n) is 6.93. The minimum Gasteiger partial charge on any atom is -0.328 e. The van der Waals surface area contributed by atoms with Crippen molar-refractivity contribution in [3.8, 4) is 0 Å². The second-order valence-electron chi connectivity index (χ2n) is 5.56. The van der Waals surface area contributed by atoms with Gasteiger partial charge in [0.1, 0.15) is 0 Å². The monoisotopic (exact) mass is 295 g/mol. The van der Waals surface area contributed by atoms with E-state index >= 15 is 0 Å². The van der Waals surface area contributed by atoms with Gasteiger partial charge in [0.2, 0.25) is 6.41 Å². The van der Waals surface area contributed by atoms with Gasteiger partial charge in [0.05, 0.1) is 0 Å². The van der Waals surface area contributed by atoms with E-state index in [0.29, 0.717) is 17.5 Å². The van der Waals surface area contributed by atoms with Crippen LogP contribution in [0.2, 0.25) is 5.02 Å². The Hall–Kier alpha value is -1.10. The maximum atomic E-state index is 10.6. The predicted octanol–water partition coefficient (Wildman–Crippen LogP) is 2.35. The van der Waals surface area contributed by atoms with E-state index < -0.39 is 0 Å². The molecule has 0 aliphatic carbocycles. The average Bonchev–Trinajstić information content (AvgIpc) is 2.39. The lowest BCUT2D eigenvalue weighted by molar-refractivity contribution is -0.105. The number of nitrogens with zero attached hydrogens (tertiary/aromatic N) is 2. The van der Waals surface area contributed by atoms with Crippen molar-refractivity contribution in [3.63, 3.8) is 0 Å². The third kappa shape index (κ3) is 3.51. The quantitative estimate of drug-likeness (QED) is 0.866. The Kier molecular flexibility index (Phi) is 5.02. The summed E-state index contributed by atoms with van der Waals surface area (Å²) in [7, 11) is 2.17. The van der Waals surface area contributed by atoms with Crippen molar-refractivity contribution in [1.29, 1.82) is 0 Å². The van der Waals surface area contributed by atoms with Crippen molar-refractivity contribution < 1.29 is 4.79 Å². The molecule has 5 heteroatoms. The first-order valence-corrected chi connectivity index (χ1v) is 7.31. The topological polar surface area (TPSA) is 35.6 Å². The number of benzene rings is 1. The van der Waals surface area contributed by atoms with Crippen molar-refractivity contribution >= 4 is 23.7 Å². The summed E-state index contributed by atoms with van der Waals surface area (Å²) >= 11 is 6.14. The summed E-state index contributed by atoms with van der Waals surface area (Å²) in [6, 6.07) is 4.35. The highest BCUT2D eigenvalue weighted by Gasteiger charge is 2.21. The average molecular weight is 296 g/mol. The van der Waals surface area contributed by atoms with Crippen LogP contribution in [-0.2, 0) is 11.3 Å². The summed E-state index contributed by atoms with van der Waals surface area (Å²) in [5, 5.41) is 3.38. The second kappa shape index (κ2) is 6.57. The Labute approximate surface area is 125 Å². The van der Waals surface area contributed by atoms with Crippen LogP contribution in [0.5, 0.6) is 0 Å². The van der Waals surface area contributed by atoms with Gasteiger partial charge in [-0.1, -0.05) is 11.6 Å². The molecule has 0 aromatic heterocycles. The molecule has 1 amide bonds. The molecular formula is C15H22ClN3O. The molecule has 0 saturated carbocycles. The standard InChI is InChI=1S/C15H22ClN3O/c1-11-8-19(5-4-18(11)3)9-13-6-14(16)7-15(12(13)2)17-10-20/h6-7,10-11H,4-5,8-9H2,1-3H3,(H,17,20)/t11-/m0/s1. The largest absolute Gasteiger partial charge is 0.328 e. The van der Waals surface area contributed by atoms with Crippen LogP contribution in [0.4, 0.5) is 5.69 Å². The molecule has 1 aliphatic rings. The molecule has 0 radical (unpaired) electrons. The summed E-state index contributed by atoms with van der Waals surface area (Å²) in [5.74, 6) is 0. The molecule has 1 aromatic carbocycles. The molecule has 0 bridgehead atoms.